The molecule has 148 valence electrons. The van der Waals surface area contributed by atoms with Gasteiger partial charge in [-0.2, -0.15) is 8.78 Å². The smallest absolute Gasteiger partial charge is 0.302 e. The predicted octanol–water partition coefficient (Wildman–Crippen LogP) is 6.66. The summed E-state index contributed by atoms with van der Waals surface area (Å²) in [4.78, 5) is 0. The van der Waals surface area contributed by atoms with Crippen LogP contribution in [0.15, 0.2) is 24.3 Å². The molecule has 3 aliphatic rings. The minimum atomic E-state index is -3.18. The van der Waals surface area contributed by atoms with E-state index in [0.717, 1.165) is 17.8 Å². The van der Waals surface area contributed by atoms with Crippen LogP contribution in [0.25, 0.3) is 6.08 Å². The van der Waals surface area contributed by atoms with Gasteiger partial charge in [-0.05, 0) is 79.4 Å². The SMILES string of the molecule is CCC1CCC(C2CCC(c3ccc4c(c3)C=CC(O)C4(F)F)CC2)CC1. The normalized spacial score (nSPS) is 35.6. The monoisotopic (exact) mass is 374 g/mol. The van der Waals surface area contributed by atoms with E-state index in [2.05, 4.69) is 6.92 Å². The average Bonchev–Trinajstić information content (AvgIpc) is 2.71. The number of aliphatic hydroxyl groups is 1. The Hall–Kier alpha value is -1.22. The van der Waals surface area contributed by atoms with E-state index in [1.165, 1.54) is 75.5 Å². The van der Waals surface area contributed by atoms with Crippen LogP contribution < -0.4 is 0 Å². The van der Waals surface area contributed by atoms with Crippen LogP contribution in [0.3, 0.4) is 0 Å². The summed E-state index contributed by atoms with van der Waals surface area (Å²) < 4.78 is 28.3. The zero-order valence-corrected chi connectivity index (χ0v) is 16.3. The molecule has 0 saturated heterocycles. The fourth-order valence-corrected chi connectivity index (χ4v) is 5.74. The van der Waals surface area contributed by atoms with Crippen LogP contribution in [0, 0.1) is 17.8 Å². The number of rotatable bonds is 3. The lowest BCUT2D eigenvalue weighted by molar-refractivity contribution is -0.0940. The Morgan fingerprint density at radius 1 is 0.963 bits per heavy atom. The lowest BCUT2D eigenvalue weighted by Crippen LogP contribution is -2.32. The van der Waals surface area contributed by atoms with Crippen molar-refractivity contribution in [1.29, 1.82) is 0 Å². The Bertz CT molecular complexity index is 680. The van der Waals surface area contributed by atoms with Gasteiger partial charge in [0.1, 0.15) is 6.10 Å². The Morgan fingerprint density at radius 2 is 1.59 bits per heavy atom. The maximum absolute atomic E-state index is 14.2. The first kappa shape index (κ1) is 19.1. The number of aliphatic hydroxyl groups excluding tert-OH is 1. The van der Waals surface area contributed by atoms with Gasteiger partial charge in [-0.15, -0.1) is 0 Å². The summed E-state index contributed by atoms with van der Waals surface area (Å²) in [6, 6.07) is 5.34. The molecule has 1 unspecified atom stereocenters. The molecule has 3 aliphatic carbocycles. The van der Waals surface area contributed by atoms with Crippen molar-refractivity contribution in [2.75, 3.05) is 0 Å². The third-order valence-electron chi connectivity index (χ3n) is 7.64. The van der Waals surface area contributed by atoms with Crippen LogP contribution in [0.5, 0.6) is 0 Å². The molecule has 27 heavy (non-hydrogen) atoms. The summed E-state index contributed by atoms with van der Waals surface area (Å²) in [5.74, 6) is 0.0547. The number of halogens is 2. The average molecular weight is 375 g/mol. The molecule has 0 heterocycles. The second kappa shape index (κ2) is 7.66. The largest absolute Gasteiger partial charge is 0.382 e. The fraction of sp³-hybridized carbons (Fsp3) is 0.667. The summed E-state index contributed by atoms with van der Waals surface area (Å²) in [5, 5.41) is 9.55. The first-order valence-corrected chi connectivity index (χ1v) is 10.9. The molecule has 1 atom stereocenters. The van der Waals surface area contributed by atoms with Crippen LogP contribution in [0.2, 0.25) is 0 Å². The minimum Gasteiger partial charge on any atom is -0.382 e. The van der Waals surface area contributed by atoms with Crippen LogP contribution in [0.1, 0.15) is 87.3 Å². The Morgan fingerprint density at radius 3 is 2.22 bits per heavy atom. The lowest BCUT2D eigenvalue weighted by atomic mass is 9.68. The van der Waals surface area contributed by atoms with Crippen LogP contribution >= 0.6 is 0 Å². The van der Waals surface area contributed by atoms with Crippen LogP contribution in [0.4, 0.5) is 8.78 Å². The third kappa shape index (κ3) is 3.72. The van der Waals surface area contributed by atoms with E-state index < -0.39 is 12.0 Å². The molecular formula is C24H32F2O. The van der Waals surface area contributed by atoms with E-state index in [-0.39, 0.29) is 5.56 Å². The molecule has 0 spiro atoms. The van der Waals surface area contributed by atoms with Gasteiger partial charge in [-0.1, -0.05) is 50.5 Å². The van der Waals surface area contributed by atoms with Gasteiger partial charge in [0.2, 0.25) is 0 Å². The molecule has 1 aromatic rings. The van der Waals surface area contributed by atoms with E-state index in [4.69, 9.17) is 0 Å². The molecule has 1 aromatic carbocycles. The third-order valence-corrected chi connectivity index (χ3v) is 7.64. The van der Waals surface area contributed by atoms with Crippen molar-refractivity contribution < 1.29 is 13.9 Å². The van der Waals surface area contributed by atoms with Crippen molar-refractivity contribution in [2.45, 2.75) is 82.7 Å². The van der Waals surface area contributed by atoms with Gasteiger partial charge in [0.25, 0.3) is 0 Å². The van der Waals surface area contributed by atoms with Gasteiger partial charge in [0, 0.05) is 5.56 Å². The molecule has 1 N–H and O–H groups in total. The first-order chi connectivity index (χ1) is 13.0. The summed E-state index contributed by atoms with van der Waals surface area (Å²) in [6.45, 7) is 2.32. The van der Waals surface area contributed by atoms with E-state index in [1.807, 2.05) is 12.1 Å². The Kier molecular flexibility index (Phi) is 5.42. The molecule has 0 aliphatic heterocycles. The van der Waals surface area contributed by atoms with Gasteiger partial charge in [-0.3, -0.25) is 0 Å². The predicted molar refractivity (Wildman–Crippen MR) is 106 cm³/mol. The molecule has 2 saturated carbocycles. The molecule has 0 aromatic heterocycles. The maximum atomic E-state index is 14.2. The molecule has 4 rings (SSSR count). The highest BCUT2D eigenvalue weighted by Gasteiger charge is 2.42. The number of hydrogen-bond acceptors (Lipinski definition) is 1. The maximum Gasteiger partial charge on any atom is 0.302 e. The van der Waals surface area contributed by atoms with Crippen LogP contribution in [-0.4, -0.2) is 11.2 Å². The van der Waals surface area contributed by atoms with Crippen molar-refractivity contribution in [3.8, 4) is 0 Å². The van der Waals surface area contributed by atoms with Crippen molar-refractivity contribution in [1.82, 2.24) is 0 Å². The standard InChI is InChI=1S/C24H32F2O/c1-2-16-3-5-17(6-4-16)18-7-9-19(10-8-18)20-11-13-22-21(15-20)12-14-23(27)24(22,25)26/h11-19,23,27H,2-10H2,1H3. The van der Waals surface area contributed by atoms with Gasteiger partial charge in [0.05, 0.1) is 0 Å². The highest BCUT2D eigenvalue weighted by molar-refractivity contribution is 5.60. The number of benzene rings is 1. The van der Waals surface area contributed by atoms with Crippen molar-refractivity contribution >= 4 is 6.08 Å². The van der Waals surface area contributed by atoms with E-state index in [1.54, 1.807) is 6.08 Å². The molecular weight excluding hydrogens is 342 g/mol. The molecule has 1 nitrogen and oxygen atoms in total. The molecule has 0 radical (unpaired) electrons. The Balaban J connectivity index is 1.39. The van der Waals surface area contributed by atoms with Crippen LogP contribution in [-0.2, 0) is 5.92 Å². The highest BCUT2D eigenvalue weighted by Crippen LogP contribution is 2.45. The van der Waals surface area contributed by atoms with Gasteiger partial charge in [0.15, 0.2) is 0 Å². The van der Waals surface area contributed by atoms with Gasteiger partial charge >= 0.3 is 5.92 Å². The van der Waals surface area contributed by atoms with E-state index in [9.17, 15) is 13.9 Å². The summed E-state index contributed by atoms with van der Waals surface area (Å²) in [7, 11) is 0. The van der Waals surface area contributed by atoms with Crippen molar-refractivity contribution in [3.63, 3.8) is 0 Å². The number of fused-ring (bicyclic) bond motifs is 1. The second-order valence-corrected chi connectivity index (χ2v) is 9.07. The summed E-state index contributed by atoms with van der Waals surface area (Å²) in [6.07, 6.45) is 13.1. The minimum absolute atomic E-state index is 0.0392. The first-order valence-electron chi connectivity index (χ1n) is 10.9. The highest BCUT2D eigenvalue weighted by atomic mass is 19.3. The number of alkyl halides is 2. The lowest BCUT2D eigenvalue weighted by Gasteiger charge is -2.38. The fourth-order valence-electron chi connectivity index (χ4n) is 5.74. The van der Waals surface area contributed by atoms with E-state index in [0.29, 0.717) is 11.5 Å². The topological polar surface area (TPSA) is 20.2 Å². The quantitative estimate of drug-likeness (QED) is 0.627. The summed E-state index contributed by atoms with van der Waals surface area (Å²) >= 11 is 0. The Labute approximate surface area is 161 Å². The van der Waals surface area contributed by atoms with Crippen molar-refractivity contribution in [2.24, 2.45) is 17.8 Å². The second-order valence-electron chi connectivity index (χ2n) is 9.07. The zero-order valence-electron chi connectivity index (χ0n) is 16.3. The number of hydrogen-bond donors (Lipinski definition) is 1. The molecule has 0 bridgehead atoms. The molecule has 2 fully saturated rings. The van der Waals surface area contributed by atoms with Gasteiger partial charge < -0.3 is 5.11 Å². The van der Waals surface area contributed by atoms with Crippen molar-refractivity contribution in [3.05, 3.63) is 41.0 Å². The van der Waals surface area contributed by atoms with E-state index >= 15 is 0 Å². The molecule has 0 amide bonds. The molecule has 3 heteroatoms. The zero-order chi connectivity index (χ0) is 19.0. The summed E-state index contributed by atoms with van der Waals surface area (Å²) in [5.41, 5.74) is 1.73. The van der Waals surface area contributed by atoms with Gasteiger partial charge in [-0.25, -0.2) is 0 Å².